The van der Waals surface area contributed by atoms with Gasteiger partial charge in [0.2, 0.25) is 0 Å². The van der Waals surface area contributed by atoms with Crippen LogP contribution in [-0.2, 0) is 16.4 Å². The van der Waals surface area contributed by atoms with Crippen LogP contribution in [0, 0.1) is 6.92 Å². The number of fused-ring (bicyclic) bond motifs is 1. The fourth-order valence-corrected chi connectivity index (χ4v) is 2.39. The van der Waals surface area contributed by atoms with E-state index in [-0.39, 0.29) is 63.9 Å². The van der Waals surface area contributed by atoms with Gasteiger partial charge in [0.15, 0.2) is 0 Å². The second kappa shape index (κ2) is 4.70. The van der Waals surface area contributed by atoms with E-state index in [2.05, 4.69) is 9.71 Å². The molecule has 1 aromatic rings. The van der Waals surface area contributed by atoms with E-state index in [0.717, 1.165) is 11.3 Å². The van der Waals surface area contributed by atoms with Crippen LogP contribution >= 0.6 is 0 Å². The Bertz CT molecular complexity index is 445. The Kier molecular flexibility index (Phi) is 4.28. The summed E-state index contributed by atoms with van der Waals surface area (Å²) >= 11 is 0. The molecule has 1 aliphatic rings. The van der Waals surface area contributed by atoms with Gasteiger partial charge in [0, 0.05) is 24.1 Å². The third-order valence-electron chi connectivity index (χ3n) is 2.03. The van der Waals surface area contributed by atoms with Gasteiger partial charge >= 0.3 is 58.2 Å². The fourth-order valence-electron chi connectivity index (χ4n) is 1.32. The summed E-state index contributed by atoms with van der Waals surface area (Å²) in [6.07, 6.45) is 2.16. The van der Waals surface area contributed by atoms with Crippen molar-refractivity contribution < 1.29 is 66.6 Å². The number of rotatable bonds is 0. The zero-order chi connectivity index (χ0) is 9.47. The number of sulfonamides is 1. The molecule has 70 valence electrons. The maximum Gasteiger partial charge on any atom is 1.00 e. The number of hydrogen-bond acceptors (Lipinski definition) is 3. The van der Waals surface area contributed by atoms with Crippen molar-refractivity contribution in [1.29, 1.82) is 0 Å². The average Bonchev–Trinajstić information content (AvgIpc) is 2.06. The van der Waals surface area contributed by atoms with Crippen molar-refractivity contribution in [2.24, 2.45) is 0 Å². The topological polar surface area (TPSA) is 61.1 Å². The standard InChI is InChI=1S/C8H9N2O2S.Rb/c1-6-2-4-9-7-3-5-13(11,12)10-8(6)7;/h2,4H,3,5H2,1H3;/q-1;+1. The molecule has 0 bridgehead atoms. The molecule has 1 aliphatic heterocycles. The first-order valence-corrected chi connectivity index (χ1v) is 5.59. The molecule has 4 nitrogen and oxygen atoms in total. The van der Waals surface area contributed by atoms with E-state index >= 15 is 0 Å². The minimum Gasteiger partial charge on any atom is -0.575 e. The zero-order valence-corrected chi connectivity index (χ0v) is 13.9. The Morgan fingerprint density at radius 1 is 1.50 bits per heavy atom. The molecule has 0 aliphatic carbocycles. The monoisotopic (exact) mass is 282 g/mol. The summed E-state index contributed by atoms with van der Waals surface area (Å²) in [5, 5.41) is 0. The Morgan fingerprint density at radius 3 is 2.93 bits per heavy atom. The fraction of sp³-hybridized carbons (Fsp3) is 0.375. The van der Waals surface area contributed by atoms with Crippen molar-refractivity contribution in [3.05, 3.63) is 28.2 Å². The third kappa shape index (κ3) is 2.63. The summed E-state index contributed by atoms with van der Waals surface area (Å²) in [6.45, 7) is 1.84. The van der Waals surface area contributed by atoms with E-state index in [1.54, 1.807) is 12.3 Å². The maximum atomic E-state index is 11.2. The molecule has 2 rings (SSSR count). The van der Waals surface area contributed by atoms with E-state index in [4.69, 9.17) is 0 Å². The van der Waals surface area contributed by atoms with Crippen LogP contribution in [0.15, 0.2) is 12.3 Å². The van der Waals surface area contributed by atoms with Crippen LogP contribution in [0.1, 0.15) is 11.3 Å². The predicted molar refractivity (Wildman–Crippen MR) is 49.5 cm³/mol. The van der Waals surface area contributed by atoms with Gasteiger partial charge in [-0.25, -0.2) is 8.42 Å². The minimum absolute atomic E-state index is 0. The Labute approximate surface area is 132 Å². The summed E-state index contributed by atoms with van der Waals surface area (Å²) in [7, 11) is -3.23. The molecule has 1 aromatic heterocycles. The maximum absolute atomic E-state index is 11.2. The molecular weight excluding hydrogens is 274 g/mol. The molecule has 6 heteroatoms. The van der Waals surface area contributed by atoms with Crippen LogP contribution in [0.3, 0.4) is 0 Å². The molecule has 0 spiro atoms. The van der Waals surface area contributed by atoms with Gasteiger partial charge in [0.1, 0.15) is 0 Å². The number of hydrogen-bond donors (Lipinski definition) is 0. The van der Waals surface area contributed by atoms with Crippen LogP contribution in [0.25, 0.3) is 4.72 Å². The van der Waals surface area contributed by atoms with Crippen molar-refractivity contribution in [3.8, 4) is 0 Å². The van der Waals surface area contributed by atoms with Gasteiger partial charge in [-0.15, -0.1) is 5.69 Å². The van der Waals surface area contributed by atoms with Crippen molar-refractivity contribution in [2.45, 2.75) is 13.3 Å². The normalized spacial score (nSPS) is 17.5. The first-order chi connectivity index (χ1) is 6.08. The van der Waals surface area contributed by atoms with E-state index in [1.807, 2.05) is 6.92 Å². The molecule has 0 amide bonds. The molecule has 2 heterocycles. The second-order valence-electron chi connectivity index (χ2n) is 3.05. The van der Waals surface area contributed by atoms with Gasteiger partial charge in [0.05, 0.1) is 10.0 Å². The second-order valence-corrected chi connectivity index (χ2v) is 4.81. The van der Waals surface area contributed by atoms with E-state index in [1.165, 1.54) is 0 Å². The van der Waals surface area contributed by atoms with Gasteiger partial charge in [-0.1, -0.05) is 5.56 Å². The van der Waals surface area contributed by atoms with E-state index in [9.17, 15) is 8.42 Å². The smallest absolute Gasteiger partial charge is 0.575 e. The molecule has 0 saturated carbocycles. The Balaban J connectivity index is 0.000000980. The Hall–Kier alpha value is 0.705. The van der Waals surface area contributed by atoms with Gasteiger partial charge in [-0.2, -0.15) is 0 Å². The molecule has 0 unspecified atom stereocenters. The molecule has 0 aromatic carbocycles. The van der Waals surface area contributed by atoms with E-state index in [0.29, 0.717) is 12.1 Å². The molecular formula is C8H9N2O2RbS. The summed E-state index contributed by atoms with van der Waals surface area (Å²) in [5.74, 6) is 0.0798. The van der Waals surface area contributed by atoms with Crippen molar-refractivity contribution in [1.82, 2.24) is 4.98 Å². The first-order valence-electron chi connectivity index (χ1n) is 3.99. The van der Waals surface area contributed by atoms with Crippen LogP contribution in [0.4, 0.5) is 5.69 Å². The third-order valence-corrected chi connectivity index (χ3v) is 3.21. The van der Waals surface area contributed by atoms with Crippen molar-refractivity contribution in [2.75, 3.05) is 5.75 Å². The molecule has 0 radical (unpaired) electrons. The van der Waals surface area contributed by atoms with Crippen LogP contribution < -0.4 is 58.2 Å². The largest absolute Gasteiger partial charge is 1.00 e. The van der Waals surface area contributed by atoms with E-state index < -0.39 is 10.0 Å². The molecule has 0 saturated heterocycles. The van der Waals surface area contributed by atoms with Gasteiger partial charge in [0.25, 0.3) is 0 Å². The van der Waals surface area contributed by atoms with Crippen LogP contribution in [0.2, 0.25) is 0 Å². The van der Waals surface area contributed by atoms with Gasteiger partial charge in [-0.3, -0.25) is 4.98 Å². The Morgan fingerprint density at radius 2 is 2.21 bits per heavy atom. The van der Waals surface area contributed by atoms with Crippen molar-refractivity contribution in [3.63, 3.8) is 0 Å². The number of aryl methyl sites for hydroxylation is 2. The predicted octanol–water partition coefficient (Wildman–Crippen LogP) is -1.71. The van der Waals surface area contributed by atoms with Gasteiger partial charge in [-0.05, 0) is 13.0 Å². The molecule has 0 fully saturated rings. The molecule has 14 heavy (non-hydrogen) atoms. The summed E-state index contributed by atoms with van der Waals surface area (Å²) < 4.78 is 26.0. The average molecular weight is 283 g/mol. The quantitative estimate of drug-likeness (QED) is 0.569. The number of aromatic nitrogens is 1. The summed E-state index contributed by atoms with van der Waals surface area (Å²) in [6, 6.07) is 1.77. The number of nitrogens with zero attached hydrogens (tertiary/aromatic N) is 2. The molecule has 0 N–H and O–H groups in total. The summed E-state index contributed by atoms with van der Waals surface area (Å²) in [4.78, 5) is 4.09. The summed E-state index contributed by atoms with van der Waals surface area (Å²) in [5.41, 5.74) is 2.19. The van der Waals surface area contributed by atoms with Gasteiger partial charge < -0.3 is 4.72 Å². The van der Waals surface area contributed by atoms with Crippen LogP contribution in [0.5, 0.6) is 0 Å². The SMILES string of the molecule is Cc1ccnc2c1[N-]S(=O)(=O)CC2.[Rb+]. The minimum atomic E-state index is -3.23. The van der Waals surface area contributed by atoms with Crippen molar-refractivity contribution >= 4 is 15.7 Å². The molecule has 0 atom stereocenters. The zero-order valence-electron chi connectivity index (χ0n) is 8.19. The number of pyridine rings is 1. The first kappa shape index (κ1) is 12.8. The van der Waals surface area contributed by atoms with Crippen LogP contribution in [-0.4, -0.2) is 19.2 Å².